The molecule has 0 spiro atoms. The lowest BCUT2D eigenvalue weighted by atomic mass is 9.87. The molecule has 156 valence electrons. The highest BCUT2D eigenvalue weighted by Crippen LogP contribution is 2.48. The summed E-state index contributed by atoms with van der Waals surface area (Å²) in [5.74, 6) is -1.37. The highest BCUT2D eigenvalue weighted by molar-refractivity contribution is 6.36. The molecule has 2 aliphatic rings. The lowest BCUT2D eigenvalue weighted by Crippen LogP contribution is -2.37. The molecule has 0 aliphatic carbocycles. The Morgan fingerprint density at radius 2 is 1.58 bits per heavy atom. The van der Waals surface area contributed by atoms with E-state index in [-0.39, 0.29) is 5.91 Å². The summed E-state index contributed by atoms with van der Waals surface area (Å²) in [5, 5.41) is 2.07. The number of hydroxylamine groups is 1. The van der Waals surface area contributed by atoms with E-state index < -0.39 is 24.0 Å². The van der Waals surface area contributed by atoms with Crippen molar-refractivity contribution in [3.63, 3.8) is 0 Å². The highest BCUT2D eigenvalue weighted by atomic mass is 35.5. The van der Waals surface area contributed by atoms with E-state index in [0.29, 0.717) is 10.7 Å². The first-order chi connectivity index (χ1) is 15.0. The quantitative estimate of drug-likeness (QED) is 0.546. The Labute approximate surface area is 185 Å². The summed E-state index contributed by atoms with van der Waals surface area (Å²) < 4.78 is 0. The normalized spacial score (nSPS) is 22.9. The lowest BCUT2D eigenvalue weighted by molar-refractivity contribution is -0.126. The zero-order chi connectivity index (χ0) is 21.7. The molecule has 2 saturated heterocycles. The Balaban J connectivity index is 1.63. The summed E-state index contributed by atoms with van der Waals surface area (Å²) in [5.41, 5.74) is 4.33. The van der Waals surface area contributed by atoms with E-state index in [2.05, 4.69) is 6.07 Å². The molecule has 2 heterocycles. The van der Waals surface area contributed by atoms with Gasteiger partial charge in [0.1, 0.15) is 5.92 Å². The van der Waals surface area contributed by atoms with Crippen LogP contribution in [0.3, 0.4) is 0 Å². The summed E-state index contributed by atoms with van der Waals surface area (Å²) in [6.07, 6.45) is -0.908. The second-order valence-electron chi connectivity index (χ2n) is 7.98. The van der Waals surface area contributed by atoms with Gasteiger partial charge in [-0.1, -0.05) is 65.7 Å². The molecule has 5 nitrogen and oxygen atoms in total. The smallest absolute Gasteiger partial charge is 0.266 e. The van der Waals surface area contributed by atoms with Crippen LogP contribution in [0.1, 0.15) is 22.7 Å². The minimum absolute atomic E-state index is 0.300. The fraction of sp³-hybridized carbons (Fsp3) is 0.200. The molecule has 6 heteroatoms. The van der Waals surface area contributed by atoms with Gasteiger partial charge < -0.3 is 0 Å². The maximum Gasteiger partial charge on any atom is 0.266 e. The number of fused-ring (bicyclic) bond motifs is 1. The number of benzene rings is 3. The predicted molar refractivity (Wildman–Crippen MR) is 120 cm³/mol. The number of carbonyl (C=O) groups excluding carboxylic acids is 2. The third kappa shape index (κ3) is 3.12. The van der Waals surface area contributed by atoms with Crippen LogP contribution >= 0.6 is 11.6 Å². The molecular weight excluding hydrogens is 412 g/mol. The van der Waals surface area contributed by atoms with E-state index in [9.17, 15) is 9.59 Å². The molecular formula is C25H21ClN2O3. The van der Waals surface area contributed by atoms with E-state index in [1.165, 1.54) is 4.90 Å². The number of hydrogen-bond donors (Lipinski definition) is 0. The Morgan fingerprint density at radius 1 is 0.871 bits per heavy atom. The Hall–Kier alpha value is -3.15. The molecule has 0 aromatic heterocycles. The first kappa shape index (κ1) is 19.8. The number of carbonyl (C=O) groups is 2. The average molecular weight is 433 g/mol. The first-order valence-electron chi connectivity index (χ1n) is 10.2. The minimum Gasteiger partial charge on any atom is -0.273 e. The van der Waals surface area contributed by atoms with Crippen molar-refractivity contribution >= 4 is 34.8 Å². The molecule has 3 aromatic carbocycles. The minimum atomic E-state index is -0.908. The second kappa shape index (κ2) is 7.52. The molecule has 2 amide bonds. The summed E-state index contributed by atoms with van der Waals surface area (Å²) >= 11 is 6.31. The van der Waals surface area contributed by atoms with Crippen LogP contribution in [0.2, 0.25) is 5.02 Å². The van der Waals surface area contributed by atoms with Crippen molar-refractivity contribution < 1.29 is 14.4 Å². The van der Waals surface area contributed by atoms with Crippen LogP contribution < -0.4 is 9.96 Å². The zero-order valence-electron chi connectivity index (χ0n) is 17.2. The molecule has 0 saturated carbocycles. The third-order valence-corrected chi connectivity index (χ3v) is 6.28. The fourth-order valence-electron chi connectivity index (χ4n) is 4.56. The Kier molecular flexibility index (Phi) is 4.80. The fourth-order valence-corrected chi connectivity index (χ4v) is 4.78. The number of halogens is 1. The number of anilines is 2. The first-order valence-corrected chi connectivity index (χ1v) is 10.6. The Morgan fingerprint density at radius 3 is 2.29 bits per heavy atom. The van der Waals surface area contributed by atoms with Crippen molar-refractivity contribution in [1.82, 2.24) is 0 Å². The van der Waals surface area contributed by atoms with Gasteiger partial charge in [0, 0.05) is 0 Å². The number of para-hydroxylation sites is 2. The van der Waals surface area contributed by atoms with Gasteiger partial charge in [-0.05, 0) is 49.2 Å². The predicted octanol–water partition coefficient (Wildman–Crippen LogP) is 5.01. The average Bonchev–Trinajstić information content (AvgIpc) is 3.26. The summed E-state index contributed by atoms with van der Waals surface area (Å²) in [7, 11) is 0. The zero-order valence-corrected chi connectivity index (χ0v) is 17.9. The lowest BCUT2D eigenvalue weighted by Gasteiger charge is -2.30. The molecule has 0 unspecified atom stereocenters. The van der Waals surface area contributed by atoms with Crippen molar-refractivity contribution in [3.8, 4) is 0 Å². The van der Waals surface area contributed by atoms with E-state index in [1.54, 1.807) is 29.3 Å². The highest BCUT2D eigenvalue weighted by Gasteiger charge is 2.60. The van der Waals surface area contributed by atoms with Crippen LogP contribution in [0.25, 0.3) is 0 Å². The molecule has 0 N–H and O–H groups in total. The largest absolute Gasteiger partial charge is 0.273 e. The topological polar surface area (TPSA) is 49.9 Å². The van der Waals surface area contributed by atoms with Crippen molar-refractivity contribution in [2.45, 2.75) is 26.0 Å². The van der Waals surface area contributed by atoms with Crippen molar-refractivity contribution in [1.29, 1.82) is 0 Å². The van der Waals surface area contributed by atoms with E-state index in [1.807, 2.05) is 56.3 Å². The third-order valence-electron chi connectivity index (χ3n) is 5.96. The van der Waals surface area contributed by atoms with Gasteiger partial charge in [-0.15, -0.1) is 0 Å². The van der Waals surface area contributed by atoms with Crippen LogP contribution in [0, 0.1) is 19.8 Å². The number of imide groups is 1. The maximum atomic E-state index is 13.6. The van der Waals surface area contributed by atoms with Crippen LogP contribution in [-0.4, -0.2) is 17.9 Å². The van der Waals surface area contributed by atoms with Crippen molar-refractivity contribution in [2.75, 3.05) is 9.96 Å². The van der Waals surface area contributed by atoms with Gasteiger partial charge >= 0.3 is 0 Å². The van der Waals surface area contributed by atoms with Gasteiger partial charge in [0.15, 0.2) is 6.10 Å². The molecule has 31 heavy (non-hydrogen) atoms. The molecule has 0 bridgehead atoms. The molecule has 2 fully saturated rings. The summed E-state index contributed by atoms with van der Waals surface area (Å²) in [6, 6.07) is 22.1. The van der Waals surface area contributed by atoms with Crippen LogP contribution in [0.15, 0.2) is 72.8 Å². The summed E-state index contributed by atoms with van der Waals surface area (Å²) in [4.78, 5) is 34.3. The number of nitrogens with zero attached hydrogens (tertiary/aromatic N) is 2. The maximum absolute atomic E-state index is 13.6. The van der Waals surface area contributed by atoms with E-state index in [4.69, 9.17) is 16.4 Å². The van der Waals surface area contributed by atoms with Gasteiger partial charge in [0.2, 0.25) is 5.91 Å². The van der Waals surface area contributed by atoms with Gasteiger partial charge in [-0.25, -0.2) is 9.96 Å². The van der Waals surface area contributed by atoms with E-state index in [0.717, 1.165) is 22.4 Å². The SMILES string of the molecule is Cc1ccc([C@@H]2[C@@H]3C(=O)N(c4ccccc4Cl)C(=O)[C@H]3ON2c2ccccc2)c(C)c1. The van der Waals surface area contributed by atoms with Crippen LogP contribution in [-0.2, 0) is 14.4 Å². The standard InChI is InChI=1S/C25H21ClN2O3/c1-15-12-13-18(16(2)14-15)22-21-23(31-28(22)17-8-4-3-5-9-17)25(30)27(24(21)29)20-11-7-6-10-19(20)26/h3-14,21-23H,1-2H3/t21-,22+,23-/m0/s1. The van der Waals surface area contributed by atoms with Gasteiger partial charge in [0.25, 0.3) is 5.91 Å². The van der Waals surface area contributed by atoms with Crippen molar-refractivity contribution in [3.05, 3.63) is 94.5 Å². The molecule has 2 aliphatic heterocycles. The number of hydrogen-bond acceptors (Lipinski definition) is 4. The molecule has 5 rings (SSSR count). The van der Waals surface area contributed by atoms with Crippen LogP contribution in [0.5, 0.6) is 0 Å². The number of amides is 2. The molecule has 3 aromatic rings. The Bertz CT molecular complexity index is 1180. The molecule has 0 radical (unpaired) electrons. The van der Waals surface area contributed by atoms with Gasteiger partial charge in [-0.3, -0.25) is 14.4 Å². The van der Waals surface area contributed by atoms with Gasteiger partial charge in [-0.2, -0.15) is 0 Å². The monoisotopic (exact) mass is 432 g/mol. The van der Waals surface area contributed by atoms with Gasteiger partial charge in [0.05, 0.1) is 22.4 Å². The van der Waals surface area contributed by atoms with E-state index >= 15 is 0 Å². The molecule has 3 atom stereocenters. The summed E-state index contributed by atoms with van der Waals surface area (Å²) in [6.45, 7) is 4.05. The van der Waals surface area contributed by atoms with Crippen molar-refractivity contribution in [2.24, 2.45) is 5.92 Å². The number of aryl methyl sites for hydroxylation is 2. The second-order valence-corrected chi connectivity index (χ2v) is 8.39. The van der Waals surface area contributed by atoms with Crippen LogP contribution in [0.4, 0.5) is 11.4 Å². The number of rotatable bonds is 3.